The van der Waals surface area contributed by atoms with Gasteiger partial charge in [-0.3, -0.25) is 4.79 Å². The molecule has 1 aromatic carbocycles. The van der Waals surface area contributed by atoms with E-state index in [2.05, 4.69) is 0 Å². The maximum absolute atomic E-state index is 11.5. The van der Waals surface area contributed by atoms with Gasteiger partial charge in [0.15, 0.2) is 5.78 Å². The van der Waals surface area contributed by atoms with Crippen molar-refractivity contribution in [2.45, 2.75) is 20.3 Å². The van der Waals surface area contributed by atoms with Crippen LogP contribution in [0.25, 0.3) is 0 Å². The van der Waals surface area contributed by atoms with Crippen LogP contribution in [0.2, 0.25) is 0 Å². The number of hydrogen-bond donors (Lipinski definition) is 1. The number of Topliss-reactive ketones (excluding diaryl/α,β-unsaturated/α-hetero) is 1. The summed E-state index contributed by atoms with van der Waals surface area (Å²) in [6.07, 6.45) is 0.396. The monoisotopic (exact) mass is 207 g/mol. The minimum absolute atomic E-state index is 0.0867. The van der Waals surface area contributed by atoms with Crippen molar-refractivity contribution in [3.63, 3.8) is 0 Å². The fourth-order valence-electron chi connectivity index (χ4n) is 1.42. The van der Waals surface area contributed by atoms with Gasteiger partial charge in [0.2, 0.25) is 0 Å². The molecule has 0 saturated heterocycles. The van der Waals surface area contributed by atoms with Gasteiger partial charge in [0.05, 0.1) is 6.61 Å². The Bertz CT molecular complexity index is 347. The molecular weight excluding hydrogens is 190 g/mol. The van der Waals surface area contributed by atoms with E-state index in [0.717, 1.165) is 11.3 Å². The van der Waals surface area contributed by atoms with Crippen LogP contribution in [0.15, 0.2) is 18.2 Å². The van der Waals surface area contributed by atoms with E-state index in [9.17, 15) is 4.79 Å². The van der Waals surface area contributed by atoms with Crippen LogP contribution in [0.5, 0.6) is 5.75 Å². The largest absolute Gasteiger partial charge is 0.494 e. The van der Waals surface area contributed by atoms with Gasteiger partial charge in [0.1, 0.15) is 5.75 Å². The molecule has 82 valence electrons. The van der Waals surface area contributed by atoms with E-state index in [1.807, 2.05) is 26.0 Å². The first-order chi connectivity index (χ1) is 7.19. The van der Waals surface area contributed by atoms with Crippen molar-refractivity contribution < 1.29 is 9.53 Å². The lowest BCUT2D eigenvalue weighted by Crippen LogP contribution is -2.08. The molecule has 1 rings (SSSR count). The summed E-state index contributed by atoms with van der Waals surface area (Å²) in [7, 11) is 0. The first-order valence-corrected chi connectivity index (χ1v) is 5.15. The van der Waals surface area contributed by atoms with Crippen molar-refractivity contribution in [2.75, 3.05) is 13.2 Å². The molecule has 0 bridgehead atoms. The number of rotatable bonds is 5. The van der Waals surface area contributed by atoms with Crippen LogP contribution < -0.4 is 10.5 Å². The van der Waals surface area contributed by atoms with Crippen LogP contribution >= 0.6 is 0 Å². The number of aryl methyl sites for hydroxylation is 1. The topological polar surface area (TPSA) is 52.3 Å². The molecule has 0 saturated carbocycles. The number of ether oxygens (including phenoxy) is 1. The molecule has 3 heteroatoms. The van der Waals surface area contributed by atoms with E-state index >= 15 is 0 Å². The smallest absolute Gasteiger partial charge is 0.164 e. The quantitative estimate of drug-likeness (QED) is 0.750. The second kappa shape index (κ2) is 5.51. The lowest BCUT2D eigenvalue weighted by Gasteiger charge is -2.08. The highest BCUT2D eigenvalue weighted by atomic mass is 16.5. The summed E-state index contributed by atoms with van der Waals surface area (Å²) < 4.78 is 5.40. The second-order valence-electron chi connectivity index (χ2n) is 3.38. The molecule has 0 unspecified atom stereocenters. The van der Waals surface area contributed by atoms with Gasteiger partial charge in [-0.1, -0.05) is 0 Å². The predicted octanol–water partition coefficient (Wildman–Crippen LogP) is 1.93. The van der Waals surface area contributed by atoms with Gasteiger partial charge < -0.3 is 10.5 Å². The van der Waals surface area contributed by atoms with E-state index < -0.39 is 0 Å². The number of hydrogen-bond acceptors (Lipinski definition) is 3. The molecule has 15 heavy (non-hydrogen) atoms. The summed E-state index contributed by atoms with van der Waals surface area (Å²) in [4.78, 5) is 11.5. The van der Waals surface area contributed by atoms with Gasteiger partial charge in [-0.15, -0.1) is 0 Å². The first kappa shape index (κ1) is 11.7. The number of benzene rings is 1. The highest BCUT2D eigenvalue weighted by Crippen LogP contribution is 2.19. The van der Waals surface area contributed by atoms with E-state index in [-0.39, 0.29) is 5.78 Å². The minimum atomic E-state index is 0.0867. The average molecular weight is 207 g/mol. The normalized spacial score (nSPS) is 10.1. The van der Waals surface area contributed by atoms with Crippen LogP contribution in [0, 0.1) is 6.92 Å². The molecule has 0 heterocycles. The third-order valence-corrected chi connectivity index (χ3v) is 2.17. The Labute approximate surface area is 90.2 Å². The predicted molar refractivity (Wildman–Crippen MR) is 60.3 cm³/mol. The third-order valence-electron chi connectivity index (χ3n) is 2.17. The molecule has 0 aliphatic rings. The molecule has 3 nitrogen and oxygen atoms in total. The van der Waals surface area contributed by atoms with Crippen molar-refractivity contribution in [3.05, 3.63) is 29.3 Å². The van der Waals surface area contributed by atoms with Crippen molar-refractivity contribution in [1.29, 1.82) is 0 Å². The molecule has 0 aromatic heterocycles. The lowest BCUT2D eigenvalue weighted by molar-refractivity contribution is 0.0985. The number of carbonyl (C=O) groups excluding carboxylic acids is 1. The highest BCUT2D eigenvalue weighted by molar-refractivity contribution is 5.96. The van der Waals surface area contributed by atoms with E-state index in [1.165, 1.54) is 0 Å². The molecular formula is C12H17NO2. The second-order valence-corrected chi connectivity index (χ2v) is 3.38. The van der Waals surface area contributed by atoms with Crippen molar-refractivity contribution in [2.24, 2.45) is 5.73 Å². The van der Waals surface area contributed by atoms with Crippen molar-refractivity contribution in [1.82, 2.24) is 0 Å². The van der Waals surface area contributed by atoms with Crippen LogP contribution in [-0.4, -0.2) is 18.9 Å². The minimum Gasteiger partial charge on any atom is -0.494 e. The van der Waals surface area contributed by atoms with Gasteiger partial charge in [0.25, 0.3) is 0 Å². The summed E-state index contributed by atoms with van der Waals surface area (Å²) in [5.74, 6) is 0.922. The molecule has 1 aromatic rings. The number of nitrogens with two attached hydrogens (primary N) is 1. The van der Waals surface area contributed by atoms with E-state index in [4.69, 9.17) is 10.5 Å². The zero-order chi connectivity index (χ0) is 11.3. The average Bonchev–Trinajstić information content (AvgIpc) is 2.21. The fraction of sp³-hybridized carbons (Fsp3) is 0.417. The van der Waals surface area contributed by atoms with Gasteiger partial charge in [-0.25, -0.2) is 0 Å². The first-order valence-electron chi connectivity index (χ1n) is 5.15. The van der Waals surface area contributed by atoms with Gasteiger partial charge in [0, 0.05) is 12.0 Å². The maximum atomic E-state index is 11.5. The highest BCUT2D eigenvalue weighted by Gasteiger charge is 2.07. The summed E-state index contributed by atoms with van der Waals surface area (Å²) in [5.41, 5.74) is 7.03. The SMILES string of the molecule is CCOc1ccc(C(=O)CCN)cc1C. The Morgan fingerprint density at radius 2 is 2.20 bits per heavy atom. The maximum Gasteiger partial charge on any atom is 0.164 e. The molecule has 2 N–H and O–H groups in total. The summed E-state index contributed by atoms with van der Waals surface area (Å²) in [6, 6.07) is 5.47. The van der Waals surface area contributed by atoms with Crippen LogP contribution in [0.3, 0.4) is 0 Å². The molecule has 0 atom stereocenters. The lowest BCUT2D eigenvalue weighted by atomic mass is 10.1. The van der Waals surface area contributed by atoms with Gasteiger partial charge >= 0.3 is 0 Å². The number of ketones is 1. The Hall–Kier alpha value is -1.35. The van der Waals surface area contributed by atoms with Crippen LogP contribution in [0.1, 0.15) is 29.3 Å². The zero-order valence-corrected chi connectivity index (χ0v) is 9.25. The van der Waals surface area contributed by atoms with Crippen molar-refractivity contribution in [3.8, 4) is 5.75 Å². The molecule has 0 fully saturated rings. The van der Waals surface area contributed by atoms with Gasteiger partial charge in [-0.05, 0) is 44.2 Å². The summed E-state index contributed by atoms with van der Waals surface area (Å²) in [6.45, 7) is 4.90. The van der Waals surface area contributed by atoms with Crippen molar-refractivity contribution >= 4 is 5.78 Å². The molecule has 0 radical (unpaired) electrons. The Morgan fingerprint density at radius 1 is 1.47 bits per heavy atom. The van der Waals surface area contributed by atoms with E-state index in [1.54, 1.807) is 6.07 Å². The van der Waals surface area contributed by atoms with Crippen LogP contribution in [0.4, 0.5) is 0 Å². The molecule has 0 aliphatic carbocycles. The summed E-state index contributed by atoms with van der Waals surface area (Å²) in [5, 5.41) is 0. The van der Waals surface area contributed by atoms with E-state index in [0.29, 0.717) is 25.1 Å². The Kier molecular flexibility index (Phi) is 4.31. The molecule has 0 amide bonds. The third kappa shape index (κ3) is 3.06. The van der Waals surface area contributed by atoms with Crippen LogP contribution in [-0.2, 0) is 0 Å². The zero-order valence-electron chi connectivity index (χ0n) is 9.25. The standard InChI is InChI=1S/C12H17NO2/c1-3-15-12-5-4-10(8-9(12)2)11(14)6-7-13/h4-5,8H,3,6-7,13H2,1-2H3. The molecule has 0 aliphatic heterocycles. The Balaban J connectivity index is 2.86. The molecule has 0 spiro atoms. The number of carbonyl (C=O) groups is 1. The van der Waals surface area contributed by atoms with Gasteiger partial charge in [-0.2, -0.15) is 0 Å². The fourth-order valence-corrected chi connectivity index (χ4v) is 1.42. The Morgan fingerprint density at radius 3 is 2.73 bits per heavy atom. The summed E-state index contributed by atoms with van der Waals surface area (Å²) >= 11 is 0.